The van der Waals surface area contributed by atoms with Gasteiger partial charge in [-0.2, -0.15) is 0 Å². The van der Waals surface area contributed by atoms with Gasteiger partial charge in [-0.1, -0.05) is 23.7 Å². The molecular formula is C16H19ClN4O2. The van der Waals surface area contributed by atoms with Crippen LogP contribution in [0.1, 0.15) is 16.8 Å². The van der Waals surface area contributed by atoms with Crippen molar-refractivity contribution in [3.8, 4) is 5.75 Å². The number of ether oxygens (including phenoxy) is 1. The van der Waals surface area contributed by atoms with Gasteiger partial charge in [0.1, 0.15) is 29.5 Å². The van der Waals surface area contributed by atoms with Gasteiger partial charge in [0, 0.05) is 12.6 Å². The molecule has 0 saturated carbocycles. The number of nitrogens with one attached hydrogen (secondary N) is 1. The van der Waals surface area contributed by atoms with E-state index in [1.54, 1.807) is 0 Å². The second kappa shape index (κ2) is 8.33. The molecule has 122 valence electrons. The molecule has 0 unspecified atom stereocenters. The molecule has 2 N–H and O–H groups in total. The van der Waals surface area contributed by atoms with Crippen molar-refractivity contribution in [2.24, 2.45) is 5.16 Å². The van der Waals surface area contributed by atoms with Crippen molar-refractivity contribution >= 4 is 23.6 Å². The van der Waals surface area contributed by atoms with E-state index < -0.39 is 0 Å². The minimum absolute atomic E-state index is 0.484. The molecule has 0 amide bonds. The summed E-state index contributed by atoms with van der Waals surface area (Å²) < 4.78 is 5.76. The maximum absolute atomic E-state index is 8.44. The number of hydrogen-bond donors (Lipinski definition) is 2. The predicted molar refractivity (Wildman–Crippen MR) is 90.9 cm³/mol. The number of aromatic nitrogens is 2. The van der Waals surface area contributed by atoms with E-state index in [1.807, 2.05) is 32.0 Å². The standard InChI is InChI=1S/C16H19ClN4O2/c1-11-9-13(5-6-21-22)3-4-14(11)23-8-7-18-16-15(17)12(2)19-10-20-16/h3-4,6,9-10,22H,5,7-8H2,1-2H3,(H,18,19,20)/b21-6+. The van der Waals surface area contributed by atoms with Gasteiger partial charge in [0.15, 0.2) is 0 Å². The first-order chi connectivity index (χ1) is 11.1. The largest absolute Gasteiger partial charge is 0.491 e. The van der Waals surface area contributed by atoms with E-state index in [1.165, 1.54) is 12.5 Å². The summed E-state index contributed by atoms with van der Waals surface area (Å²) >= 11 is 6.12. The topological polar surface area (TPSA) is 79.6 Å². The fourth-order valence-corrected chi connectivity index (χ4v) is 2.22. The summed E-state index contributed by atoms with van der Waals surface area (Å²) in [5.74, 6) is 1.43. The number of rotatable bonds is 7. The summed E-state index contributed by atoms with van der Waals surface area (Å²) in [4.78, 5) is 8.12. The van der Waals surface area contributed by atoms with Crippen molar-refractivity contribution in [2.75, 3.05) is 18.5 Å². The number of halogens is 1. The minimum Gasteiger partial charge on any atom is -0.491 e. The lowest BCUT2D eigenvalue weighted by molar-refractivity contribution is 0.321. The zero-order chi connectivity index (χ0) is 16.7. The highest BCUT2D eigenvalue weighted by molar-refractivity contribution is 6.33. The molecule has 0 atom stereocenters. The van der Waals surface area contributed by atoms with Gasteiger partial charge >= 0.3 is 0 Å². The monoisotopic (exact) mass is 334 g/mol. The van der Waals surface area contributed by atoms with E-state index in [0.29, 0.717) is 30.4 Å². The van der Waals surface area contributed by atoms with E-state index in [4.69, 9.17) is 21.5 Å². The van der Waals surface area contributed by atoms with E-state index in [2.05, 4.69) is 20.4 Å². The molecule has 0 spiro atoms. The van der Waals surface area contributed by atoms with Crippen LogP contribution in [0.2, 0.25) is 5.02 Å². The highest BCUT2D eigenvalue weighted by atomic mass is 35.5. The van der Waals surface area contributed by atoms with Crippen LogP contribution in [0, 0.1) is 13.8 Å². The summed E-state index contributed by atoms with van der Waals surface area (Å²) in [5.41, 5.74) is 2.83. The van der Waals surface area contributed by atoms with Gasteiger partial charge in [-0.15, -0.1) is 5.16 Å². The Morgan fingerprint density at radius 1 is 1.35 bits per heavy atom. The first-order valence-electron chi connectivity index (χ1n) is 7.21. The molecule has 0 bridgehead atoms. The average Bonchev–Trinajstić information content (AvgIpc) is 2.54. The second-order valence-corrected chi connectivity index (χ2v) is 5.38. The number of nitrogens with zero attached hydrogens (tertiary/aromatic N) is 3. The quantitative estimate of drug-likeness (QED) is 0.352. The van der Waals surface area contributed by atoms with Crippen LogP contribution in [0.15, 0.2) is 29.7 Å². The molecule has 0 aliphatic rings. The highest BCUT2D eigenvalue weighted by Gasteiger charge is 2.05. The van der Waals surface area contributed by atoms with Crippen LogP contribution in [0.25, 0.3) is 0 Å². The maximum Gasteiger partial charge on any atom is 0.148 e. The van der Waals surface area contributed by atoms with Crippen molar-refractivity contribution in [3.63, 3.8) is 0 Å². The maximum atomic E-state index is 8.44. The molecule has 0 radical (unpaired) electrons. The highest BCUT2D eigenvalue weighted by Crippen LogP contribution is 2.21. The van der Waals surface area contributed by atoms with Crippen LogP contribution >= 0.6 is 11.6 Å². The molecule has 23 heavy (non-hydrogen) atoms. The Bertz CT molecular complexity index is 692. The summed E-state index contributed by atoms with van der Waals surface area (Å²) in [6.07, 6.45) is 3.51. The molecule has 0 saturated heterocycles. The summed E-state index contributed by atoms with van der Waals surface area (Å²) in [6, 6.07) is 5.87. The van der Waals surface area contributed by atoms with Gasteiger partial charge in [0.05, 0.1) is 12.2 Å². The van der Waals surface area contributed by atoms with Crippen molar-refractivity contribution in [2.45, 2.75) is 20.3 Å². The Morgan fingerprint density at radius 3 is 2.91 bits per heavy atom. The Labute approximate surface area is 140 Å². The van der Waals surface area contributed by atoms with Gasteiger partial charge in [0.2, 0.25) is 0 Å². The van der Waals surface area contributed by atoms with E-state index >= 15 is 0 Å². The molecule has 1 aromatic heterocycles. The van der Waals surface area contributed by atoms with E-state index in [0.717, 1.165) is 22.6 Å². The van der Waals surface area contributed by atoms with Crippen LogP contribution in [0.4, 0.5) is 5.82 Å². The lowest BCUT2D eigenvalue weighted by Gasteiger charge is -2.12. The molecule has 0 fully saturated rings. The molecule has 2 rings (SSSR count). The molecule has 1 aromatic carbocycles. The van der Waals surface area contributed by atoms with Crippen molar-refractivity contribution in [1.82, 2.24) is 9.97 Å². The molecular weight excluding hydrogens is 316 g/mol. The predicted octanol–water partition coefficient (Wildman–Crippen LogP) is 3.24. The molecule has 7 heteroatoms. The number of anilines is 1. The number of hydrogen-bond acceptors (Lipinski definition) is 6. The smallest absolute Gasteiger partial charge is 0.148 e. The van der Waals surface area contributed by atoms with Gasteiger partial charge in [-0.25, -0.2) is 9.97 Å². The fourth-order valence-electron chi connectivity index (χ4n) is 2.06. The Kier molecular flexibility index (Phi) is 6.17. The van der Waals surface area contributed by atoms with Gasteiger partial charge in [-0.05, 0) is 31.0 Å². The second-order valence-electron chi connectivity index (χ2n) is 5.00. The van der Waals surface area contributed by atoms with E-state index in [9.17, 15) is 0 Å². The minimum atomic E-state index is 0.484. The van der Waals surface area contributed by atoms with Crippen molar-refractivity contribution < 1.29 is 9.94 Å². The van der Waals surface area contributed by atoms with Gasteiger partial charge in [0.25, 0.3) is 0 Å². The zero-order valence-corrected chi connectivity index (χ0v) is 13.8. The summed E-state index contributed by atoms with van der Waals surface area (Å²) in [6.45, 7) is 4.87. The lowest BCUT2D eigenvalue weighted by Crippen LogP contribution is -2.13. The van der Waals surface area contributed by atoms with Crippen LogP contribution < -0.4 is 10.1 Å². The third-order valence-electron chi connectivity index (χ3n) is 3.26. The molecule has 0 aliphatic carbocycles. The van der Waals surface area contributed by atoms with Crippen molar-refractivity contribution in [3.05, 3.63) is 46.4 Å². The number of aryl methyl sites for hydroxylation is 2. The Morgan fingerprint density at radius 2 is 2.17 bits per heavy atom. The average molecular weight is 335 g/mol. The first kappa shape index (κ1) is 17.0. The number of benzene rings is 1. The Balaban J connectivity index is 1.85. The van der Waals surface area contributed by atoms with Gasteiger partial charge < -0.3 is 15.3 Å². The zero-order valence-electron chi connectivity index (χ0n) is 13.1. The van der Waals surface area contributed by atoms with Gasteiger partial charge in [-0.3, -0.25) is 0 Å². The first-order valence-corrected chi connectivity index (χ1v) is 7.58. The number of oxime groups is 1. The molecule has 1 heterocycles. The Hall–Kier alpha value is -2.34. The lowest BCUT2D eigenvalue weighted by atomic mass is 10.1. The van der Waals surface area contributed by atoms with E-state index in [-0.39, 0.29) is 0 Å². The van der Waals surface area contributed by atoms with Crippen LogP contribution in [0.5, 0.6) is 5.75 Å². The SMILES string of the molecule is Cc1cc(C/C=N/O)ccc1OCCNc1ncnc(C)c1Cl. The fraction of sp³-hybridized carbons (Fsp3) is 0.312. The molecule has 6 nitrogen and oxygen atoms in total. The summed E-state index contributed by atoms with van der Waals surface area (Å²) in [7, 11) is 0. The molecule has 2 aromatic rings. The van der Waals surface area contributed by atoms with Crippen molar-refractivity contribution in [1.29, 1.82) is 0 Å². The van der Waals surface area contributed by atoms with Crippen LogP contribution in [-0.2, 0) is 6.42 Å². The molecule has 0 aliphatic heterocycles. The van der Waals surface area contributed by atoms with Crippen LogP contribution in [-0.4, -0.2) is 34.5 Å². The van der Waals surface area contributed by atoms with Crippen LogP contribution in [0.3, 0.4) is 0 Å². The third-order valence-corrected chi connectivity index (χ3v) is 3.72. The third kappa shape index (κ3) is 4.82. The normalized spacial score (nSPS) is 10.9. The summed E-state index contributed by atoms with van der Waals surface area (Å²) in [5, 5.41) is 15.1.